The van der Waals surface area contributed by atoms with Crippen LogP contribution in [0.2, 0.25) is 5.02 Å². The zero-order valence-electron chi connectivity index (χ0n) is 10.8. The van der Waals surface area contributed by atoms with Crippen molar-refractivity contribution in [2.45, 2.75) is 0 Å². The number of ether oxygens (including phenoxy) is 2. The van der Waals surface area contributed by atoms with E-state index in [0.717, 1.165) is 5.39 Å². The van der Waals surface area contributed by atoms with Crippen molar-refractivity contribution in [2.24, 2.45) is 0 Å². The Morgan fingerprint density at radius 3 is 2.38 bits per heavy atom. The van der Waals surface area contributed by atoms with E-state index in [0.29, 0.717) is 16.2 Å². The number of phenolic OH excluding ortho intramolecular Hbond substituents is 1. The third kappa shape index (κ3) is 6.09. The number of aromatic hydroxyl groups is 1. The molecule has 0 aromatic heterocycles. The average Bonchev–Trinajstić information content (AvgIpc) is 2.34. The van der Waals surface area contributed by atoms with Crippen LogP contribution in [-0.4, -0.2) is 26.3 Å². The minimum absolute atomic E-state index is 0.106. The van der Waals surface area contributed by atoms with E-state index in [4.69, 9.17) is 21.1 Å². The fraction of sp³-hybridized carbons (Fsp3) is 0.167. The zero-order chi connectivity index (χ0) is 16.0. The number of hydrogen-bond donors (Lipinski definition) is 1. The van der Waals surface area contributed by atoms with Gasteiger partial charge in [-0.15, -0.1) is 0 Å². The van der Waals surface area contributed by atoms with E-state index in [1.165, 1.54) is 13.2 Å². The highest BCUT2D eigenvalue weighted by atomic mass is 35.5. The molecule has 0 aliphatic carbocycles. The number of halogens is 5. The number of benzene rings is 2. The van der Waals surface area contributed by atoms with Gasteiger partial charge in [0, 0.05) is 18.6 Å². The number of rotatable bonds is 3. The van der Waals surface area contributed by atoms with E-state index >= 15 is 0 Å². The highest BCUT2D eigenvalue weighted by Gasteiger charge is 2.20. The Hall–Kier alpha value is -1.67. The Kier molecular flexibility index (Phi) is 6.10. The Bertz CT molecular complexity index is 601. The smallest absolute Gasteiger partial charge is 0.507 e. The van der Waals surface area contributed by atoms with E-state index in [1.807, 2.05) is 12.1 Å². The summed E-state index contributed by atoms with van der Waals surface area (Å²) in [5, 5.41) is 11.8. The van der Waals surface area contributed by atoms with Crippen molar-refractivity contribution >= 4 is 29.6 Å². The van der Waals surface area contributed by atoms with Crippen molar-refractivity contribution in [3.63, 3.8) is 0 Å². The van der Waals surface area contributed by atoms with Gasteiger partial charge in [-0.1, -0.05) is 23.7 Å². The summed E-state index contributed by atoms with van der Waals surface area (Å²) in [6.07, 6.45) is 0. The standard InChI is InChI=1S/C12H11ClO3.BF4/c1-15-7-16-9-5-8-3-2-4-10(13)12(8)11(14)6-9;2-1(3,4)5/h2-6,14H,7H2,1H3;/q;-1. The van der Waals surface area contributed by atoms with Gasteiger partial charge in [-0.3, -0.25) is 0 Å². The molecule has 0 aliphatic rings. The lowest BCUT2D eigenvalue weighted by Crippen LogP contribution is -2.02. The molecule has 3 nitrogen and oxygen atoms in total. The fourth-order valence-corrected chi connectivity index (χ4v) is 1.82. The molecule has 1 N–H and O–H groups in total. The van der Waals surface area contributed by atoms with Crippen LogP contribution in [-0.2, 0) is 4.74 Å². The summed E-state index contributed by atoms with van der Waals surface area (Å²) in [5.41, 5.74) is 0. The van der Waals surface area contributed by atoms with Gasteiger partial charge in [-0.05, 0) is 17.5 Å². The second kappa shape index (κ2) is 7.37. The SMILES string of the molecule is COCOc1cc(O)c2c(Cl)cccc2c1.F[B-](F)(F)F. The number of phenols is 1. The molecule has 2 rings (SSSR count). The van der Waals surface area contributed by atoms with Crippen LogP contribution in [0.5, 0.6) is 11.5 Å². The second-order valence-corrected chi connectivity index (χ2v) is 4.23. The van der Waals surface area contributed by atoms with Crippen LogP contribution in [0.15, 0.2) is 30.3 Å². The molecule has 0 radical (unpaired) electrons. The lowest BCUT2D eigenvalue weighted by Gasteiger charge is -2.08. The van der Waals surface area contributed by atoms with Crippen molar-refractivity contribution in [1.82, 2.24) is 0 Å². The molecular weight excluding hydrogens is 314 g/mol. The van der Waals surface area contributed by atoms with Gasteiger partial charge in [0.25, 0.3) is 0 Å². The summed E-state index contributed by atoms with van der Waals surface area (Å²) in [6, 6.07) is 8.75. The largest absolute Gasteiger partial charge is 0.673 e. The van der Waals surface area contributed by atoms with Crippen LogP contribution in [0, 0.1) is 0 Å². The van der Waals surface area contributed by atoms with Gasteiger partial charge >= 0.3 is 7.25 Å². The summed E-state index contributed by atoms with van der Waals surface area (Å²) < 4.78 is 49.1. The molecule has 0 bridgehead atoms. The minimum Gasteiger partial charge on any atom is -0.507 e. The van der Waals surface area contributed by atoms with E-state index in [2.05, 4.69) is 0 Å². The van der Waals surface area contributed by atoms with Crippen molar-refractivity contribution in [2.75, 3.05) is 13.9 Å². The van der Waals surface area contributed by atoms with Crippen molar-refractivity contribution in [1.29, 1.82) is 0 Å². The molecule has 0 atom stereocenters. The monoisotopic (exact) mass is 325 g/mol. The maximum atomic E-state index is 9.83. The van der Waals surface area contributed by atoms with Crippen molar-refractivity contribution in [3.05, 3.63) is 35.4 Å². The topological polar surface area (TPSA) is 38.7 Å². The summed E-state index contributed by atoms with van der Waals surface area (Å²) in [7, 11) is -4.46. The minimum atomic E-state index is -6.00. The Morgan fingerprint density at radius 2 is 1.81 bits per heavy atom. The Labute approximate surface area is 123 Å². The quantitative estimate of drug-likeness (QED) is 0.514. The maximum absolute atomic E-state index is 9.83. The molecule has 0 saturated heterocycles. The third-order valence-electron chi connectivity index (χ3n) is 2.22. The first-order chi connectivity index (χ1) is 9.72. The van der Waals surface area contributed by atoms with Gasteiger partial charge in [0.15, 0.2) is 6.79 Å². The van der Waals surface area contributed by atoms with Crippen LogP contribution in [0.3, 0.4) is 0 Å². The van der Waals surface area contributed by atoms with Crippen LogP contribution >= 0.6 is 11.6 Å². The van der Waals surface area contributed by atoms with Crippen molar-refractivity contribution in [3.8, 4) is 11.5 Å². The predicted molar refractivity (Wildman–Crippen MR) is 73.3 cm³/mol. The first-order valence-corrected chi connectivity index (χ1v) is 6.00. The molecule has 2 aromatic carbocycles. The van der Waals surface area contributed by atoms with Gasteiger partial charge in [0.2, 0.25) is 0 Å². The summed E-state index contributed by atoms with van der Waals surface area (Å²) in [5.74, 6) is 0.656. The van der Waals surface area contributed by atoms with Crippen LogP contribution in [0.25, 0.3) is 10.8 Å². The molecule has 0 fully saturated rings. The Balaban J connectivity index is 0.000000383. The van der Waals surface area contributed by atoms with E-state index in [1.54, 1.807) is 12.1 Å². The average molecular weight is 325 g/mol. The molecule has 0 unspecified atom stereocenters. The third-order valence-corrected chi connectivity index (χ3v) is 2.54. The summed E-state index contributed by atoms with van der Waals surface area (Å²) >= 11 is 5.99. The first-order valence-electron chi connectivity index (χ1n) is 5.62. The van der Waals surface area contributed by atoms with E-state index < -0.39 is 7.25 Å². The number of methoxy groups -OCH3 is 1. The molecule has 21 heavy (non-hydrogen) atoms. The first kappa shape index (κ1) is 17.4. The maximum Gasteiger partial charge on any atom is 0.673 e. The molecule has 9 heteroatoms. The molecule has 0 spiro atoms. The Morgan fingerprint density at radius 1 is 1.19 bits per heavy atom. The van der Waals surface area contributed by atoms with Gasteiger partial charge in [-0.2, -0.15) is 0 Å². The molecule has 2 aromatic rings. The van der Waals surface area contributed by atoms with Gasteiger partial charge in [-0.25, -0.2) is 0 Å². The molecule has 0 heterocycles. The molecule has 0 saturated carbocycles. The summed E-state index contributed by atoms with van der Waals surface area (Å²) in [6.45, 7) is 0.144. The highest BCUT2D eigenvalue weighted by molar-refractivity contribution is 6.50. The molecular formula is C12H11BClF4O3-. The van der Waals surface area contributed by atoms with Gasteiger partial charge in [0.05, 0.1) is 5.02 Å². The van der Waals surface area contributed by atoms with E-state index in [9.17, 15) is 22.4 Å². The zero-order valence-corrected chi connectivity index (χ0v) is 11.6. The molecule has 0 amide bonds. The van der Waals surface area contributed by atoms with Crippen LogP contribution < -0.4 is 4.74 Å². The number of hydrogen-bond acceptors (Lipinski definition) is 3. The van der Waals surface area contributed by atoms with Crippen LogP contribution in [0.1, 0.15) is 0 Å². The lowest BCUT2D eigenvalue weighted by molar-refractivity contribution is 0.0511. The van der Waals surface area contributed by atoms with Gasteiger partial charge < -0.3 is 31.8 Å². The molecule has 0 aliphatic heterocycles. The fourth-order valence-electron chi connectivity index (χ4n) is 1.54. The van der Waals surface area contributed by atoms with Gasteiger partial charge in [0.1, 0.15) is 11.5 Å². The highest BCUT2D eigenvalue weighted by Crippen LogP contribution is 2.35. The number of fused-ring (bicyclic) bond motifs is 1. The normalized spacial score (nSPS) is 11.0. The van der Waals surface area contributed by atoms with Crippen LogP contribution in [0.4, 0.5) is 17.3 Å². The second-order valence-electron chi connectivity index (χ2n) is 3.83. The predicted octanol–water partition coefficient (Wildman–Crippen LogP) is 4.48. The molecule has 116 valence electrons. The summed E-state index contributed by atoms with van der Waals surface area (Å²) in [4.78, 5) is 0. The van der Waals surface area contributed by atoms with Crippen molar-refractivity contribution < 1.29 is 31.8 Å². The lowest BCUT2D eigenvalue weighted by atomic mass is 10.1. The van der Waals surface area contributed by atoms with E-state index in [-0.39, 0.29) is 12.5 Å².